The van der Waals surface area contributed by atoms with E-state index in [9.17, 15) is 14.7 Å². The number of aliphatic hydroxyl groups is 1. The molecular weight excluding hydrogens is 276 g/mol. The largest absolute Gasteiger partial charge is 0.477 e. The highest BCUT2D eigenvalue weighted by Crippen LogP contribution is 2.19. The maximum absolute atomic E-state index is 11.9. The van der Waals surface area contributed by atoms with Crippen LogP contribution in [0.1, 0.15) is 33.7 Å². The second-order valence-electron chi connectivity index (χ2n) is 4.65. The topological polar surface area (TPSA) is 113 Å². The Hall–Kier alpha value is -2.67. The lowest BCUT2D eigenvalue weighted by atomic mass is 10.0. The van der Waals surface area contributed by atoms with Crippen LogP contribution in [-0.2, 0) is 5.60 Å². The summed E-state index contributed by atoms with van der Waals surface area (Å²) in [7, 11) is 0. The molecule has 0 saturated carbocycles. The molecule has 0 radical (unpaired) electrons. The molecule has 3 N–H and O–H groups in total. The van der Waals surface area contributed by atoms with Crippen molar-refractivity contribution in [3.05, 3.63) is 53.7 Å². The number of carbonyl (C=O) groups excluding carboxylic acids is 1. The Balaban J connectivity index is 2.05. The second-order valence-corrected chi connectivity index (χ2v) is 4.65. The smallest absolute Gasteiger partial charge is 0.354 e. The average Bonchev–Trinajstić information content (AvgIpc) is 3.00. The third-order valence-corrected chi connectivity index (χ3v) is 2.85. The van der Waals surface area contributed by atoms with E-state index in [2.05, 4.69) is 10.3 Å². The van der Waals surface area contributed by atoms with Crippen LogP contribution in [0.3, 0.4) is 0 Å². The first-order valence-electron chi connectivity index (χ1n) is 6.15. The number of furan rings is 1. The van der Waals surface area contributed by atoms with Gasteiger partial charge in [0.15, 0.2) is 0 Å². The lowest BCUT2D eigenvalue weighted by Gasteiger charge is -2.20. The molecule has 2 rings (SSSR count). The number of nitrogens with zero attached hydrogens (tertiary/aromatic N) is 1. The molecule has 1 atom stereocenters. The fourth-order valence-corrected chi connectivity index (χ4v) is 1.70. The normalized spacial score (nSPS) is 13.4. The number of carboxylic acid groups (broad SMARTS) is 1. The van der Waals surface area contributed by atoms with Crippen molar-refractivity contribution in [1.29, 1.82) is 0 Å². The molecule has 0 aromatic carbocycles. The zero-order chi connectivity index (χ0) is 15.5. The first kappa shape index (κ1) is 14.7. The standard InChI is InChI=1S/C14H14N2O5/c1-14(20,11-6-3-7-21-11)8-15-12(17)9-4-2-5-10(16-9)13(18)19/h2-7,20H,8H2,1H3,(H,15,17)(H,18,19)/t14-/m0/s1. The summed E-state index contributed by atoms with van der Waals surface area (Å²) in [5.74, 6) is -1.48. The first-order chi connectivity index (χ1) is 9.90. The van der Waals surface area contributed by atoms with E-state index in [0.29, 0.717) is 5.76 Å². The van der Waals surface area contributed by atoms with Crippen LogP contribution in [0.15, 0.2) is 41.0 Å². The van der Waals surface area contributed by atoms with E-state index >= 15 is 0 Å². The maximum Gasteiger partial charge on any atom is 0.354 e. The second kappa shape index (κ2) is 5.76. The Labute approximate surface area is 120 Å². The Morgan fingerprint density at radius 2 is 2.00 bits per heavy atom. The minimum absolute atomic E-state index is 0.0369. The fraction of sp³-hybridized carbons (Fsp3) is 0.214. The molecule has 7 heteroatoms. The number of carbonyl (C=O) groups is 2. The van der Waals surface area contributed by atoms with Crippen molar-refractivity contribution < 1.29 is 24.2 Å². The maximum atomic E-state index is 11.9. The van der Waals surface area contributed by atoms with E-state index in [4.69, 9.17) is 9.52 Å². The molecule has 0 unspecified atom stereocenters. The van der Waals surface area contributed by atoms with Crippen LogP contribution in [0.2, 0.25) is 0 Å². The summed E-state index contributed by atoms with van der Waals surface area (Å²) in [5.41, 5.74) is -1.63. The van der Waals surface area contributed by atoms with E-state index < -0.39 is 17.5 Å². The quantitative estimate of drug-likeness (QED) is 0.757. The molecule has 1 amide bonds. The van der Waals surface area contributed by atoms with Gasteiger partial charge in [-0.25, -0.2) is 9.78 Å². The molecule has 0 aliphatic rings. The number of hydrogen-bond donors (Lipinski definition) is 3. The number of pyridine rings is 1. The van der Waals surface area contributed by atoms with Crippen LogP contribution in [0.5, 0.6) is 0 Å². The minimum atomic E-state index is -1.37. The lowest BCUT2D eigenvalue weighted by molar-refractivity contribution is 0.0329. The van der Waals surface area contributed by atoms with Gasteiger partial charge in [-0.15, -0.1) is 0 Å². The van der Waals surface area contributed by atoms with Crippen LogP contribution in [0.25, 0.3) is 0 Å². The lowest BCUT2D eigenvalue weighted by Crippen LogP contribution is -2.38. The molecule has 0 bridgehead atoms. The predicted octanol–water partition coefficient (Wildman–Crippen LogP) is 1.01. The van der Waals surface area contributed by atoms with Gasteiger partial charge in [0, 0.05) is 0 Å². The Morgan fingerprint density at radius 3 is 2.62 bits per heavy atom. The van der Waals surface area contributed by atoms with E-state index in [1.165, 1.54) is 31.4 Å². The molecule has 21 heavy (non-hydrogen) atoms. The number of carboxylic acids is 1. The molecule has 2 heterocycles. The van der Waals surface area contributed by atoms with Gasteiger partial charge in [-0.05, 0) is 31.2 Å². The number of nitrogens with one attached hydrogen (secondary N) is 1. The van der Waals surface area contributed by atoms with Gasteiger partial charge < -0.3 is 19.9 Å². The molecule has 0 fully saturated rings. The Bertz CT molecular complexity index is 649. The van der Waals surface area contributed by atoms with Crippen LogP contribution < -0.4 is 5.32 Å². The van der Waals surface area contributed by atoms with Gasteiger partial charge in [0.25, 0.3) is 5.91 Å². The highest BCUT2D eigenvalue weighted by Gasteiger charge is 2.27. The molecule has 7 nitrogen and oxygen atoms in total. The number of aromatic carboxylic acids is 1. The third-order valence-electron chi connectivity index (χ3n) is 2.85. The van der Waals surface area contributed by atoms with Crippen molar-refractivity contribution in [2.45, 2.75) is 12.5 Å². The van der Waals surface area contributed by atoms with Crippen LogP contribution in [0.4, 0.5) is 0 Å². The summed E-state index contributed by atoms with van der Waals surface area (Å²) >= 11 is 0. The summed E-state index contributed by atoms with van der Waals surface area (Å²) in [4.78, 5) is 26.4. The van der Waals surface area contributed by atoms with Gasteiger partial charge in [-0.3, -0.25) is 4.79 Å². The number of aromatic nitrogens is 1. The third kappa shape index (κ3) is 3.46. The molecule has 0 aliphatic heterocycles. The van der Waals surface area contributed by atoms with Gasteiger partial charge in [0.05, 0.1) is 12.8 Å². The molecule has 0 spiro atoms. The molecule has 110 valence electrons. The van der Waals surface area contributed by atoms with Crippen molar-refractivity contribution in [1.82, 2.24) is 10.3 Å². The Kier molecular flexibility index (Phi) is 4.04. The van der Waals surface area contributed by atoms with Gasteiger partial charge in [-0.2, -0.15) is 0 Å². The zero-order valence-corrected chi connectivity index (χ0v) is 11.2. The summed E-state index contributed by atoms with van der Waals surface area (Å²) in [6.45, 7) is 1.39. The minimum Gasteiger partial charge on any atom is -0.477 e. The van der Waals surface area contributed by atoms with Crippen molar-refractivity contribution in [3.8, 4) is 0 Å². The van der Waals surface area contributed by atoms with Crippen molar-refractivity contribution >= 4 is 11.9 Å². The average molecular weight is 290 g/mol. The first-order valence-corrected chi connectivity index (χ1v) is 6.15. The number of hydrogen-bond acceptors (Lipinski definition) is 5. The summed E-state index contributed by atoms with van der Waals surface area (Å²) < 4.78 is 5.09. The number of amides is 1. The highest BCUT2D eigenvalue weighted by molar-refractivity contribution is 5.94. The van der Waals surface area contributed by atoms with Crippen molar-refractivity contribution in [2.24, 2.45) is 0 Å². The van der Waals surface area contributed by atoms with Crippen LogP contribution in [-0.4, -0.2) is 33.6 Å². The highest BCUT2D eigenvalue weighted by atomic mass is 16.4. The predicted molar refractivity (Wildman–Crippen MR) is 71.8 cm³/mol. The van der Waals surface area contributed by atoms with Crippen LogP contribution in [0, 0.1) is 0 Å². The zero-order valence-electron chi connectivity index (χ0n) is 11.2. The molecule has 2 aromatic heterocycles. The summed E-state index contributed by atoms with van der Waals surface area (Å²) in [6.07, 6.45) is 1.42. The summed E-state index contributed by atoms with van der Waals surface area (Å²) in [6, 6.07) is 7.33. The van der Waals surface area contributed by atoms with Gasteiger partial charge in [0.2, 0.25) is 0 Å². The van der Waals surface area contributed by atoms with Crippen LogP contribution >= 0.6 is 0 Å². The van der Waals surface area contributed by atoms with Gasteiger partial charge >= 0.3 is 5.97 Å². The van der Waals surface area contributed by atoms with Gasteiger partial charge in [-0.1, -0.05) is 6.07 Å². The monoisotopic (exact) mass is 290 g/mol. The van der Waals surface area contributed by atoms with Crippen molar-refractivity contribution in [2.75, 3.05) is 6.54 Å². The van der Waals surface area contributed by atoms with E-state index in [-0.39, 0.29) is 17.9 Å². The summed E-state index contributed by atoms with van der Waals surface area (Å²) in [5, 5.41) is 21.5. The Morgan fingerprint density at radius 1 is 1.29 bits per heavy atom. The molecule has 0 aliphatic carbocycles. The van der Waals surface area contributed by atoms with Crippen molar-refractivity contribution in [3.63, 3.8) is 0 Å². The SMILES string of the molecule is C[C@](O)(CNC(=O)c1cccc(C(=O)O)n1)c1ccco1. The van der Waals surface area contributed by atoms with Gasteiger partial charge in [0.1, 0.15) is 22.7 Å². The molecule has 2 aromatic rings. The van der Waals surface area contributed by atoms with E-state index in [0.717, 1.165) is 0 Å². The van der Waals surface area contributed by atoms with E-state index in [1.54, 1.807) is 12.1 Å². The molecular formula is C14H14N2O5. The molecule has 0 saturated heterocycles. The van der Waals surface area contributed by atoms with E-state index in [1.807, 2.05) is 0 Å². The number of rotatable bonds is 5. The fourth-order valence-electron chi connectivity index (χ4n) is 1.70.